The lowest BCUT2D eigenvalue weighted by molar-refractivity contribution is -0.137. The maximum absolute atomic E-state index is 13.0. The van der Waals surface area contributed by atoms with Crippen molar-refractivity contribution in [3.8, 4) is 0 Å². The molecule has 1 aromatic carbocycles. The smallest absolute Gasteiger partial charge is 0.311 e. The molecule has 0 N–H and O–H groups in total. The number of carbonyl (C=O) groups excluding carboxylic acids is 1. The molecule has 0 radical (unpaired) electrons. The Bertz CT molecular complexity index is 501. The van der Waals surface area contributed by atoms with Gasteiger partial charge in [0, 0.05) is 18.3 Å². The summed E-state index contributed by atoms with van der Waals surface area (Å²) in [5, 5.41) is 0.613. The molecule has 1 atom stereocenters. The van der Waals surface area contributed by atoms with Crippen LogP contribution in [0.2, 0.25) is 0 Å². The molecule has 1 aliphatic heterocycles. The van der Waals surface area contributed by atoms with Crippen LogP contribution in [0.3, 0.4) is 0 Å². The zero-order valence-corrected chi connectivity index (χ0v) is 11.9. The van der Waals surface area contributed by atoms with Crippen LogP contribution < -0.4 is 4.90 Å². The molecular formula is C13H13BrF3NO. The summed E-state index contributed by atoms with van der Waals surface area (Å²) in [6.07, 6.45) is -4.16. The van der Waals surface area contributed by atoms with Crippen LogP contribution in [0.15, 0.2) is 18.2 Å². The SMILES string of the molecule is Cc1ccc(C(F)(F)F)c(N2CC(CBr)CC2=O)c1. The lowest BCUT2D eigenvalue weighted by Gasteiger charge is -2.22. The third-order valence-electron chi connectivity index (χ3n) is 3.17. The van der Waals surface area contributed by atoms with Gasteiger partial charge < -0.3 is 4.90 Å². The molecule has 1 saturated heterocycles. The molecule has 0 bridgehead atoms. The molecule has 1 unspecified atom stereocenters. The molecular weight excluding hydrogens is 323 g/mol. The summed E-state index contributed by atoms with van der Waals surface area (Å²) in [5.41, 5.74) is -0.0688. The summed E-state index contributed by atoms with van der Waals surface area (Å²) in [7, 11) is 0. The topological polar surface area (TPSA) is 20.3 Å². The predicted molar refractivity (Wildman–Crippen MR) is 70.4 cm³/mol. The lowest BCUT2D eigenvalue weighted by Crippen LogP contribution is -2.27. The second-order valence-electron chi connectivity index (χ2n) is 4.75. The van der Waals surface area contributed by atoms with Gasteiger partial charge in [-0.3, -0.25) is 4.79 Å². The molecule has 1 aliphatic rings. The number of aryl methyl sites for hydroxylation is 1. The lowest BCUT2D eigenvalue weighted by atomic mass is 10.1. The van der Waals surface area contributed by atoms with Gasteiger partial charge in [-0.15, -0.1) is 0 Å². The highest BCUT2D eigenvalue weighted by Crippen LogP contribution is 2.39. The fraction of sp³-hybridized carbons (Fsp3) is 0.462. The largest absolute Gasteiger partial charge is 0.418 e. The minimum Gasteiger partial charge on any atom is -0.311 e. The quantitative estimate of drug-likeness (QED) is 0.753. The van der Waals surface area contributed by atoms with Crippen molar-refractivity contribution >= 4 is 27.5 Å². The van der Waals surface area contributed by atoms with Crippen molar-refractivity contribution in [2.75, 3.05) is 16.8 Å². The normalized spacial score (nSPS) is 20.2. The summed E-state index contributed by atoms with van der Waals surface area (Å²) in [6, 6.07) is 3.88. The van der Waals surface area contributed by atoms with Crippen LogP contribution in [0, 0.1) is 12.8 Å². The van der Waals surface area contributed by atoms with Gasteiger partial charge >= 0.3 is 6.18 Å². The van der Waals surface area contributed by atoms with Crippen molar-refractivity contribution in [2.24, 2.45) is 5.92 Å². The van der Waals surface area contributed by atoms with Crippen LogP contribution in [-0.2, 0) is 11.0 Å². The van der Waals surface area contributed by atoms with Gasteiger partial charge in [-0.05, 0) is 30.5 Å². The summed E-state index contributed by atoms with van der Waals surface area (Å²) < 4.78 is 39.0. The average molecular weight is 336 g/mol. The highest BCUT2D eigenvalue weighted by Gasteiger charge is 2.38. The molecule has 0 aromatic heterocycles. The van der Waals surface area contributed by atoms with Crippen LogP contribution in [0.25, 0.3) is 0 Å². The van der Waals surface area contributed by atoms with Crippen molar-refractivity contribution in [3.05, 3.63) is 29.3 Å². The molecule has 1 heterocycles. The highest BCUT2D eigenvalue weighted by atomic mass is 79.9. The molecule has 0 aliphatic carbocycles. The molecule has 0 saturated carbocycles. The van der Waals surface area contributed by atoms with Gasteiger partial charge in [-0.25, -0.2) is 0 Å². The summed E-state index contributed by atoms with van der Waals surface area (Å²) >= 11 is 3.28. The number of carbonyl (C=O) groups is 1. The average Bonchev–Trinajstić information content (AvgIpc) is 2.68. The fourth-order valence-corrected chi connectivity index (χ4v) is 2.66. The van der Waals surface area contributed by atoms with Gasteiger partial charge in [-0.2, -0.15) is 13.2 Å². The Labute approximate surface area is 117 Å². The minimum atomic E-state index is -4.45. The molecule has 1 aromatic rings. The number of anilines is 1. The van der Waals surface area contributed by atoms with Crippen molar-refractivity contribution in [3.63, 3.8) is 0 Å². The molecule has 1 amide bonds. The van der Waals surface area contributed by atoms with E-state index in [0.29, 0.717) is 17.4 Å². The Morgan fingerprint density at radius 3 is 2.63 bits per heavy atom. The maximum atomic E-state index is 13.0. The number of alkyl halides is 4. The minimum absolute atomic E-state index is 0.0269. The molecule has 1 fully saturated rings. The first-order valence-corrected chi connectivity index (χ1v) is 6.99. The van der Waals surface area contributed by atoms with E-state index in [1.165, 1.54) is 17.0 Å². The Morgan fingerprint density at radius 1 is 1.42 bits per heavy atom. The van der Waals surface area contributed by atoms with E-state index in [4.69, 9.17) is 0 Å². The van der Waals surface area contributed by atoms with E-state index in [1.54, 1.807) is 6.92 Å². The van der Waals surface area contributed by atoms with Gasteiger partial charge in [0.25, 0.3) is 0 Å². The van der Waals surface area contributed by atoms with Crippen LogP contribution in [0.1, 0.15) is 17.5 Å². The van der Waals surface area contributed by atoms with Crippen LogP contribution in [0.4, 0.5) is 18.9 Å². The number of halogens is 4. The van der Waals surface area contributed by atoms with E-state index in [-0.39, 0.29) is 23.9 Å². The summed E-state index contributed by atoms with van der Waals surface area (Å²) in [4.78, 5) is 13.1. The van der Waals surface area contributed by atoms with Crippen molar-refractivity contribution in [1.29, 1.82) is 0 Å². The first-order valence-electron chi connectivity index (χ1n) is 5.87. The van der Waals surface area contributed by atoms with E-state index in [0.717, 1.165) is 6.07 Å². The Morgan fingerprint density at radius 2 is 2.11 bits per heavy atom. The van der Waals surface area contributed by atoms with Crippen LogP contribution in [0.5, 0.6) is 0 Å². The van der Waals surface area contributed by atoms with Gasteiger partial charge in [-0.1, -0.05) is 22.0 Å². The maximum Gasteiger partial charge on any atom is 0.418 e. The second-order valence-corrected chi connectivity index (χ2v) is 5.39. The number of nitrogens with zero attached hydrogens (tertiary/aromatic N) is 1. The molecule has 104 valence electrons. The van der Waals surface area contributed by atoms with E-state index >= 15 is 0 Å². The third kappa shape index (κ3) is 2.94. The van der Waals surface area contributed by atoms with Gasteiger partial charge in [0.15, 0.2) is 0 Å². The zero-order chi connectivity index (χ0) is 14.2. The highest BCUT2D eigenvalue weighted by molar-refractivity contribution is 9.09. The number of benzene rings is 1. The van der Waals surface area contributed by atoms with Gasteiger partial charge in [0.05, 0.1) is 11.3 Å². The molecule has 0 spiro atoms. The van der Waals surface area contributed by atoms with Gasteiger partial charge in [0.1, 0.15) is 0 Å². The Balaban J connectivity index is 2.44. The fourth-order valence-electron chi connectivity index (χ4n) is 2.22. The zero-order valence-electron chi connectivity index (χ0n) is 10.3. The van der Waals surface area contributed by atoms with E-state index < -0.39 is 11.7 Å². The number of hydrogen-bond acceptors (Lipinski definition) is 1. The number of rotatable bonds is 2. The predicted octanol–water partition coefficient (Wildman–Crippen LogP) is 3.76. The van der Waals surface area contributed by atoms with Crippen molar-refractivity contribution in [2.45, 2.75) is 19.5 Å². The molecule has 19 heavy (non-hydrogen) atoms. The molecule has 2 rings (SSSR count). The number of hydrogen-bond donors (Lipinski definition) is 0. The van der Waals surface area contributed by atoms with E-state index in [1.807, 2.05) is 0 Å². The molecule has 2 nitrogen and oxygen atoms in total. The third-order valence-corrected chi connectivity index (χ3v) is 4.09. The summed E-state index contributed by atoms with van der Waals surface area (Å²) in [5.74, 6) is -0.186. The standard InChI is InChI=1S/C13H13BrF3NO/c1-8-2-3-10(13(15,16)17)11(4-8)18-7-9(6-14)5-12(18)19/h2-4,9H,5-7H2,1H3. The first-order chi connectivity index (χ1) is 8.82. The van der Waals surface area contributed by atoms with E-state index in [9.17, 15) is 18.0 Å². The summed E-state index contributed by atoms with van der Waals surface area (Å²) in [6.45, 7) is 2.04. The number of amides is 1. The van der Waals surface area contributed by atoms with Crippen molar-refractivity contribution < 1.29 is 18.0 Å². The first kappa shape index (κ1) is 14.4. The Kier molecular flexibility index (Phi) is 3.90. The monoisotopic (exact) mass is 335 g/mol. The van der Waals surface area contributed by atoms with Gasteiger partial charge in [0.2, 0.25) is 5.91 Å². The van der Waals surface area contributed by atoms with Crippen LogP contribution in [-0.4, -0.2) is 17.8 Å². The Hall–Kier alpha value is -1.04. The second kappa shape index (κ2) is 5.15. The molecule has 6 heteroatoms. The van der Waals surface area contributed by atoms with E-state index in [2.05, 4.69) is 15.9 Å². The van der Waals surface area contributed by atoms with Crippen LogP contribution >= 0.6 is 15.9 Å². The van der Waals surface area contributed by atoms with Crippen molar-refractivity contribution in [1.82, 2.24) is 0 Å².